The summed E-state index contributed by atoms with van der Waals surface area (Å²) >= 11 is 0. The molecule has 0 bridgehead atoms. The maximum Gasteiger partial charge on any atom is 0.326 e. The van der Waals surface area contributed by atoms with E-state index >= 15 is 0 Å². The number of hydrogen-bond acceptors (Lipinski definition) is 3. The van der Waals surface area contributed by atoms with Crippen LogP contribution in [0.15, 0.2) is 0 Å². The Morgan fingerprint density at radius 3 is 2.50 bits per heavy atom. The third-order valence-electron chi connectivity index (χ3n) is 2.15. The topological polar surface area (TPSA) is 69.6 Å². The average Bonchev–Trinajstić information content (AvgIpc) is 2.15. The Labute approximate surface area is 84.1 Å². The minimum Gasteiger partial charge on any atom is -0.480 e. The van der Waals surface area contributed by atoms with E-state index in [1.54, 1.807) is 0 Å². The third-order valence-corrected chi connectivity index (χ3v) is 2.15. The summed E-state index contributed by atoms with van der Waals surface area (Å²) < 4.78 is 0. The summed E-state index contributed by atoms with van der Waals surface area (Å²) in [6.07, 6.45) is 1.11. The van der Waals surface area contributed by atoms with Gasteiger partial charge in [0.1, 0.15) is 6.04 Å². The van der Waals surface area contributed by atoms with E-state index in [1.807, 2.05) is 7.05 Å². The molecule has 0 saturated heterocycles. The molecule has 14 heavy (non-hydrogen) atoms. The van der Waals surface area contributed by atoms with Crippen molar-refractivity contribution < 1.29 is 14.7 Å². The minimum absolute atomic E-state index is 0.129. The summed E-state index contributed by atoms with van der Waals surface area (Å²) in [5.74, 6) is -1.11. The van der Waals surface area contributed by atoms with Gasteiger partial charge in [-0.15, -0.1) is 0 Å². The predicted octanol–water partition coefficient (Wildman–Crippen LogP) is -0.0825. The molecule has 0 rings (SSSR count). The van der Waals surface area contributed by atoms with Gasteiger partial charge in [-0.1, -0.05) is 0 Å². The van der Waals surface area contributed by atoms with Gasteiger partial charge in [0.2, 0.25) is 5.91 Å². The Morgan fingerprint density at radius 1 is 1.50 bits per heavy atom. The monoisotopic (exact) mass is 202 g/mol. The fourth-order valence-corrected chi connectivity index (χ4v) is 0.974. The highest BCUT2D eigenvalue weighted by Gasteiger charge is 2.20. The van der Waals surface area contributed by atoms with Crippen LogP contribution in [0.2, 0.25) is 0 Å². The molecule has 0 fully saturated rings. The maximum absolute atomic E-state index is 11.4. The van der Waals surface area contributed by atoms with Gasteiger partial charge in [0.25, 0.3) is 0 Å². The SMILES string of the molecule is CNCCCC(=O)N(C)C(C)C(=O)O. The number of nitrogens with zero attached hydrogens (tertiary/aromatic N) is 1. The Morgan fingerprint density at radius 2 is 2.07 bits per heavy atom. The molecule has 5 nitrogen and oxygen atoms in total. The van der Waals surface area contributed by atoms with Crippen LogP contribution in [-0.4, -0.2) is 48.6 Å². The van der Waals surface area contributed by atoms with E-state index in [0.717, 1.165) is 13.0 Å². The molecule has 0 radical (unpaired) electrons. The van der Waals surface area contributed by atoms with E-state index < -0.39 is 12.0 Å². The lowest BCUT2D eigenvalue weighted by atomic mass is 10.2. The van der Waals surface area contributed by atoms with Gasteiger partial charge in [-0.25, -0.2) is 4.79 Å². The molecule has 1 unspecified atom stereocenters. The van der Waals surface area contributed by atoms with Crippen molar-refractivity contribution in [3.05, 3.63) is 0 Å². The molecule has 2 N–H and O–H groups in total. The first kappa shape index (κ1) is 12.9. The van der Waals surface area contributed by atoms with Gasteiger partial charge in [-0.2, -0.15) is 0 Å². The first-order chi connectivity index (χ1) is 6.50. The summed E-state index contributed by atoms with van der Waals surface area (Å²) in [5, 5.41) is 11.6. The lowest BCUT2D eigenvalue weighted by Gasteiger charge is -2.21. The van der Waals surface area contributed by atoms with Gasteiger partial charge in [-0.05, 0) is 26.9 Å². The van der Waals surface area contributed by atoms with Crippen molar-refractivity contribution >= 4 is 11.9 Å². The van der Waals surface area contributed by atoms with Crippen molar-refractivity contribution in [2.45, 2.75) is 25.8 Å². The Bertz CT molecular complexity index is 206. The van der Waals surface area contributed by atoms with Crippen molar-refractivity contribution in [2.24, 2.45) is 0 Å². The largest absolute Gasteiger partial charge is 0.480 e. The van der Waals surface area contributed by atoms with Gasteiger partial charge in [0, 0.05) is 13.5 Å². The lowest BCUT2D eigenvalue weighted by molar-refractivity contribution is -0.148. The first-order valence-corrected chi connectivity index (χ1v) is 4.63. The molecular formula is C9H18N2O3. The molecule has 0 saturated carbocycles. The molecule has 0 spiro atoms. The molecule has 0 aliphatic rings. The molecule has 0 aliphatic carbocycles. The summed E-state index contributed by atoms with van der Waals surface area (Å²) in [6, 6.07) is -0.753. The molecule has 0 heterocycles. The predicted molar refractivity (Wildman–Crippen MR) is 53.0 cm³/mol. The van der Waals surface area contributed by atoms with Crippen molar-refractivity contribution in [2.75, 3.05) is 20.6 Å². The highest BCUT2D eigenvalue weighted by atomic mass is 16.4. The van der Waals surface area contributed by atoms with Crippen LogP contribution in [0.1, 0.15) is 19.8 Å². The second-order valence-electron chi connectivity index (χ2n) is 3.23. The van der Waals surface area contributed by atoms with Crippen LogP contribution in [0.4, 0.5) is 0 Å². The number of carboxylic acids is 1. The Balaban J connectivity index is 3.92. The van der Waals surface area contributed by atoms with E-state index in [9.17, 15) is 9.59 Å². The van der Waals surface area contributed by atoms with Crippen LogP contribution < -0.4 is 5.32 Å². The lowest BCUT2D eigenvalue weighted by Crippen LogP contribution is -2.40. The smallest absolute Gasteiger partial charge is 0.326 e. The second kappa shape index (κ2) is 6.37. The van der Waals surface area contributed by atoms with Gasteiger partial charge in [-0.3, -0.25) is 4.79 Å². The normalized spacial score (nSPS) is 12.2. The molecular weight excluding hydrogens is 184 g/mol. The van der Waals surface area contributed by atoms with E-state index in [-0.39, 0.29) is 5.91 Å². The number of carbonyl (C=O) groups is 2. The third kappa shape index (κ3) is 4.23. The number of carboxylic acid groups (broad SMARTS) is 1. The van der Waals surface area contributed by atoms with Crippen molar-refractivity contribution in [3.63, 3.8) is 0 Å². The zero-order valence-electron chi connectivity index (χ0n) is 8.91. The van der Waals surface area contributed by atoms with Crippen molar-refractivity contribution in [3.8, 4) is 0 Å². The fourth-order valence-electron chi connectivity index (χ4n) is 0.974. The number of aliphatic carboxylic acids is 1. The summed E-state index contributed by atoms with van der Waals surface area (Å²) in [6.45, 7) is 2.26. The van der Waals surface area contributed by atoms with Gasteiger partial charge < -0.3 is 15.3 Å². The highest BCUT2D eigenvalue weighted by molar-refractivity contribution is 5.83. The number of likely N-dealkylation sites (N-methyl/N-ethyl adjacent to an activating group) is 1. The van der Waals surface area contributed by atoms with Crippen LogP contribution in [0, 0.1) is 0 Å². The molecule has 82 valence electrons. The fraction of sp³-hybridized carbons (Fsp3) is 0.778. The Hall–Kier alpha value is -1.10. The highest BCUT2D eigenvalue weighted by Crippen LogP contribution is 2.00. The molecule has 1 amide bonds. The minimum atomic E-state index is -0.977. The van der Waals surface area contributed by atoms with Crippen LogP contribution >= 0.6 is 0 Å². The maximum atomic E-state index is 11.4. The summed E-state index contributed by atoms with van der Waals surface area (Å²) in [5.41, 5.74) is 0. The van der Waals surface area contributed by atoms with Crippen LogP contribution in [0.3, 0.4) is 0 Å². The molecule has 0 aliphatic heterocycles. The number of rotatable bonds is 6. The zero-order chi connectivity index (χ0) is 11.1. The second-order valence-corrected chi connectivity index (χ2v) is 3.23. The van der Waals surface area contributed by atoms with E-state index in [1.165, 1.54) is 18.9 Å². The number of nitrogens with one attached hydrogen (secondary N) is 1. The molecule has 1 atom stereocenters. The molecule has 0 aromatic rings. The first-order valence-electron chi connectivity index (χ1n) is 4.63. The van der Waals surface area contributed by atoms with E-state index in [0.29, 0.717) is 6.42 Å². The number of carbonyl (C=O) groups excluding carboxylic acids is 1. The quantitative estimate of drug-likeness (QED) is 0.591. The Kier molecular flexibility index (Phi) is 5.87. The molecule has 0 aromatic carbocycles. The number of amides is 1. The average molecular weight is 202 g/mol. The van der Waals surface area contributed by atoms with E-state index in [2.05, 4.69) is 5.32 Å². The summed E-state index contributed by atoms with van der Waals surface area (Å²) in [4.78, 5) is 23.2. The standard InChI is InChI=1S/C9H18N2O3/c1-7(9(13)14)11(3)8(12)5-4-6-10-2/h7,10H,4-6H2,1-3H3,(H,13,14). The van der Waals surface area contributed by atoms with Gasteiger partial charge in [0.15, 0.2) is 0 Å². The van der Waals surface area contributed by atoms with Crippen LogP contribution in [-0.2, 0) is 9.59 Å². The van der Waals surface area contributed by atoms with Crippen LogP contribution in [0.5, 0.6) is 0 Å². The zero-order valence-corrected chi connectivity index (χ0v) is 8.91. The number of hydrogen-bond donors (Lipinski definition) is 2. The van der Waals surface area contributed by atoms with Crippen molar-refractivity contribution in [1.82, 2.24) is 10.2 Å². The molecule has 5 heteroatoms. The van der Waals surface area contributed by atoms with Gasteiger partial charge in [0.05, 0.1) is 0 Å². The van der Waals surface area contributed by atoms with Crippen LogP contribution in [0.25, 0.3) is 0 Å². The molecule has 0 aromatic heterocycles. The van der Waals surface area contributed by atoms with Gasteiger partial charge >= 0.3 is 5.97 Å². The van der Waals surface area contributed by atoms with Crippen molar-refractivity contribution in [1.29, 1.82) is 0 Å². The summed E-state index contributed by atoms with van der Waals surface area (Å²) in [7, 11) is 3.33. The van der Waals surface area contributed by atoms with E-state index in [4.69, 9.17) is 5.11 Å².